The molecule has 0 radical (unpaired) electrons. The summed E-state index contributed by atoms with van der Waals surface area (Å²) in [6, 6.07) is 1.08. The molecule has 0 aliphatic heterocycles. The highest BCUT2D eigenvalue weighted by Gasteiger charge is 2.17. The van der Waals surface area contributed by atoms with Gasteiger partial charge < -0.3 is 15.4 Å². The smallest absolute Gasteiger partial charge is 0.255 e. The molecule has 0 aliphatic carbocycles. The molecule has 0 spiro atoms. The molecular formula is C13H20FN3O2. The average Bonchev–Trinajstić information content (AvgIpc) is 2.39. The van der Waals surface area contributed by atoms with Crippen LogP contribution in [0, 0.1) is 5.82 Å². The second kappa shape index (κ2) is 7.68. The summed E-state index contributed by atoms with van der Waals surface area (Å²) < 4.78 is 18.2. The molecule has 1 aromatic rings. The van der Waals surface area contributed by atoms with E-state index < -0.39 is 5.82 Å². The van der Waals surface area contributed by atoms with Crippen LogP contribution in [0.4, 0.5) is 10.2 Å². The molecule has 0 saturated carbocycles. The molecule has 0 aliphatic rings. The Labute approximate surface area is 112 Å². The number of halogens is 1. The largest absolute Gasteiger partial charge is 0.383 e. The van der Waals surface area contributed by atoms with E-state index in [1.54, 1.807) is 14.2 Å². The van der Waals surface area contributed by atoms with Gasteiger partial charge in [-0.15, -0.1) is 0 Å². The molecule has 0 fully saturated rings. The Hall–Kier alpha value is -1.69. The first-order chi connectivity index (χ1) is 9.12. The van der Waals surface area contributed by atoms with Crippen LogP contribution in [0.3, 0.4) is 0 Å². The number of pyridine rings is 1. The van der Waals surface area contributed by atoms with Gasteiger partial charge in [0.15, 0.2) is 0 Å². The van der Waals surface area contributed by atoms with Crippen LogP contribution in [0.15, 0.2) is 12.3 Å². The van der Waals surface area contributed by atoms with E-state index in [4.69, 9.17) is 4.74 Å². The van der Waals surface area contributed by atoms with Crippen LogP contribution in [0.5, 0.6) is 0 Å². The number of hydrogen-bond donors (Lipinski definition) is 2. The minimum atomic E-state index is -0.539. The lowest BCUT2D eigenvalue weighted by Gasteiger charge is -2.18. The number of hydrogen-bond acceptors (Lipinski definition) is 4. The fourth-order valence-electron chi connectivity index (χ4n) is 1.82. The quantitative estimate of drug-likeness (QED) is 0.792. The normalized spacial score (nSPS) is 12.0. The van der Waals surface area contributed by atoms with Gasteiger partial charge in [0.1, 0.15) is 11.6 Å². The number of ether oxygens (including phenoxy) is 1. The summed E-state index contributed by atoms with van der Waals surface area (Å²) in [6.07, 6.45) is 2.80. The monoisotopic (exact) mass is 269 g/mol. The molecule has 1 unspecified atom stereocenters. The van der Waals surface area contributed by atoms with Gasteiger partial charge >= 0.3 is 0 Å². The topological polar surface area (TPSA) is 63.2 Å². The molecular weight excluding hydrogens is 249 g/mol. The van der Waals surface area contributed by atoms with Crippen molar-refractivity contribution in [3.8, 4) is 0 Å². The zero-order valence-corrected chi connectivity index (χ0v) is 11.5. The van der Waals surface area contributed by atoms with E-state index in [2.05, 4.69) is 15.6 Å². The van der Waals surface area contributed by atoms with Gasteiger partial charge in [0, 0.05) is 14.2 Å². The molecule has 1 aromatic heterocycles. The molecule has 19 heavy (non-hydrogen) atoms. The zero-order chi connectivity index (χ0) is 14.3. The Bertz CT molecular complexity index is 420. The van der Waals surface area contributed by atoms with Gasteiger partial charge in [0.2, 0.25) is 0 Å². The number of methoxy groups -OCH3 is 1. The fraction of sp³-hybridized carbons (Fsp3) is 0.538. The van der Waals surface area contributed by atoms with Crippen LogP contribution in [0.2, 0.25) is 0 Å². The number of rotatable bonds is 7. The lowest BCUT2D eigenvalue weighted by atomic mass is 10.1. The van der Waals surface area contributed by atoms with Crippen molar-refractivity contribution in [3.63, 3.8) is 0 Å². The van der Waals surface area contributed by atoms with Crippen molar-refractivity contribution in [2.24, 2.45) is 0 Å². The third-order valence-electron chi connectivity index (χ3n) is 2.68. The van der Waals surface area contributed by atoms with Crippen LogP contribution in [-0.4, -0.2) is 37.7 Å². The van der Waals surface area contributed by atoms with Crippen LogP contribution in [0.25, 0.3) is 0 Å². The first-order valence-corrected chi connectivity index (χ1v) is 6.25. The predicted octanol–water partition coefficient (Wildman–Crippen LogP) is 1.81. The number of carbonyl (C=O) groups is 1. The molecule has 1 atom stereocenters. The number of carbonyl (C=O) groups excluding carboxylic acids is 1. The molecule has 1 rings (SSSR count). The predicted molar refractivity (Wildman–Crippen MR) is 71.8 cm³/mol. The average molecular weight is 269 g/mol. The fourth-order valence-corrected chi connectivity index (χ4v) is 1.82. The highest BCUT2D eigenvalue weighted by Crippen LogP contribution is 2.13. The van der Waals surface area contributed by atoms with Crippen molar-refractivity contribution in [2.75, 3.05) is 26.1 Å². The van der Waals surface area contributed by atoms with Crippen molar-refractivity contribution in [3.05, 3.63) is 23.6 Å². The third kappa shape index (κ3) is 4.48. The van der Waals surface area contributed by atoms with Gasteiger partial charge in [-0.3, -0.25) is 4.79 Å². The summed E-state index contributed by atoms with van der Waals surface area (Å²) in [5, 5.41) is 5.60. The number of anilines is 1. The summed E-state index contributed by atoms with van der Waals surface area (Å²) in [6.45, 7) is 2.45. The highest BCUT2D eigenvalue weighted by molar-refractivity contribution is 5.98. The van der Waals surface area contributed by atoms with Crippen LogP contribution >= 0.6 is 0 Å². The third-order valence-corrected chi connectivity index (χ3v) is 2.68. The molecule has 5 nitrogen and oxygen atoms in total. The van der Waals surface area contributed by atoms with Gasteiger partial charge in [0.25, 0.3) is 5.91 Å². The van der Waals surface area contributed by atoms with Gasteiger partial charge in [-0.2, -0.15) is 0 Å². The molecule has 0 saturated heterocycles. The maximum Gasteiger partial charge on any atom is 0.255 e. The van der Waals surface area contributed by atoms with Crippen LogP contribution < -0.4 is 10.6 Å². The molecule has 1 amide bonds. The second-order valence-electron chi connectivity index (χ2n) is 4.21. The Morgan fingerprint density at radius 3 is 2.89 bits per heavy atom. The first kappa shape index (κ1) is 15.4. The molecule has 106 valence electrons. The Kier molecular flexibility index (Phi) is 6.21. The van der Waals surface area contributed by atoms with E-state index in [0.717, 1.165) is 19.0 Å². The summed E-state index contributed by atoms with van der Waals surface area (Å²) in [5.41, 5.74) is 0.194. The highest BCUT2D eigenvalue weighted by atomic mass is 19.1. The second-order valence-corrected chi connectivity index (χ2v) is 4.21. The number of amides is 1. The summed E-state index contributed by atoms with van der Waals surface area (Å²) >= 11 is 0. The summed E-state index contributed by atoms with van der Waals surface area (Å²) in [5.74, 6) is -0.540. The molecule has 0 aromatic carbocycles. The van der Waals surface area contributed by atoms with E-state index in [0.29, 0.717) is 12.4 Å². The van der Waals surface area contributed by atoms with E-state index in [9.17, 15) is 9.18 Å². The van der Waals surface area contributed by atoms with Crippen LogP contribution in [-0.2, 0) is 4.74 Å². The Balaban J connectivity index is 2.83. The summed E-state index contributed by atoms with van der Waals surface area (Å²) in [7, 11) is 3.22. The van der Waals surface area contributed by atoms with Gasteiger partial charge in [-0.25, -0.2) is 9.37 Å². The minimum Gasteiger partial charge on any atom is -0.383 e. The van der Waals surface area contributed by atoms with Gasteiger partial charge in [-0.05, 0) is 12.5 Å². The van der Waals surface area contributed by atoms with Crippen LogP contribution in [0.1, 0.15) is 30.1 Å². The van der Waals surface area contributed by atoms with Crippen molar-refractivity contribution < 1.29 is 13.9 Å². The molecule has 6 heteroatoms. The molecule has 0 bridgehead atoms. The van der Waals surface area contributed by atoms with Crippen molar-refractivity contribution in [1.82, 2.24) is 10.3 Å². The lowest BCUT2D eigenvalue weighted by Crippen LogP contribution is -2.38. The van der Waals surface area contributed by atoms with Crippen molar-refractivity contribution in [1.29, 1.82) is 0 Å². The standard InChI is InChI=1S/C13H20FN3O2/c1-4-5-10(8-19-3)17-13(18)11-6-9(14)7-16-12(11)15-2/h6-7,10H,4-5,8H2,1-3H3,(H,15,16)(H,17,18). The zero-order valence-electron chi connectivity index (χ0n) is 11.5. The maximum atomic E-state index is 13.2. The summed E-state index contributed by atoms with van der Waals surface area (Å²) in [4.78, 5) is 16.0. The van der Waals surface area contributed by atoms with E-state index in [-0.39, 0.29) is 17.5 Å². The number of nitrogens with one attached hydrogen (secondary N) is 2. The SMILES string of the molecule is CCCC(COC)NC(=O)c1cc(F)cnc1NC. The first-order valence-electron chi connectivity index (χ1n) is 6.25. The van der Waals surface area contributed by atoms with E-state index >= 15 is 0 Å². The molecule has 1 heterocycles. The Morgan fingerprint density at radius 2 is 2.32 bits per heavy atom. The lowest BCUT2D eigenvalue weighted by molar-refractivity contribution is 0.0891. The van der Waals surface area contributed by atoms with Gasteiger partial charge in [-0.1, -0.05) is 13.3 Å². The van der Waals surface area contributed by atoms with Gasteiger partial charge in [0.05, 0.1) is 24.4 Å². The van der Waals surface area contributed by atoms with E-state index in [1.807, 2.05) is 6.92 Å². The Morgan fingerprint density at radius 1 is 1.58 bits per heavy atom. The maximum absolute atomic E-state index is 13.2. The number of aromatic nitrogens is 1. The number of nitrogens with zero attached hydrogens (tertiary/aromatic N) is 1. The van der Waals surface area contributed by atoms with Crippen molar-refractivity contribution >= 4 is 11.7 Å². The van der Waals surface area contributed by atoms with E-state index in [1.165, 1.54) is 6.07 Å². The van der Waals surface area contributed by atoms with Crippen molar-refractivity contribution in [2.45, 2.75) is 25.8 Å². The molecule has 2 N–H and O–H groups in total. The minimum absolute atomic E-state index is 0.0875.